The highest BCUT2D eigenvalue weighted by Gasteiger charge is 2.33. The molecule has 0 bridgehead atoms. The highest BCUT2D eigenvalue weighted by atomic mass is 35.5. The maximum atomic E-state index is 12.8. The number of amides is 1. The number of nitrogens with one attached hydrogen (secondary N) is 1. The molecule has 6 nitrogen and oxygen atoms in total. The number of hydrogen-bond acceptors (Lipinski definition) is 4. The Kier molecular flexibility index (Phi) is 5.59. The summed E-state index contributed by atoms with van der Waals surface area (Å²) < 4.78 is 29.6. The van der Waals surface area contributed by atoms with E-state index in [9.17, 15) is 13.2 Å². The molecule has 0 radical (unpaired) electrons. The number of nitrogens with zero attached hydrogens (tertiary/aromatic N) is 2. The average Bonchev–Trinajstić information content (AvgIpc) is 2.92. The first-order valence-corrected chi connectivity index (χ1v) is 11.9. The van der Waals surface area contributed by atoms with Gasteiger partial charge in [-0.15, -0.1) is 4.40 Å². The van der Waals surface area contributed by atoms with Gasteiger partial charge in [-0.05, 0) is 48.6 Å². The predicted molar refractivity (Wildman–Crippen MR) is 120 cm³/mol. The Hall–Kier alpha value is -2.38. The Bertz CT molecular complexity index is 1130. The molecule has 0 spiro atoms. The molecule has 2 aromatic carbocycles. The van der Waals surface area contributed by atoms with Gasteiger partial charge in [0, 0.05) is 18.7 Å². The Morgan fingerprint density at radius 2 is 1.87 bits per heavy atom. The van der Waals surface area contributed by atoms with Crippen LogP contribution in [0.3, 0.4) is 0 Å². The van der Waals surface area contributed by atoms with Crippen molar-refractivity contribution in [3.63, 3.8) is 0 Å². The molecule has 8 heteroatoms. The van der Waals surface area contributed by atoms with Gasteiger partial charge in [0.05, 0.1) is 16.3 Å². The van der Waals surface area contributed by atoms with Gasteiger partial charge < -0.3 is 10.2 Å². The van der Waals surface area contributed by atoms with Crippen LogP contribution < -0.4 is 10.2 Å². The second-order valence-corrected chi connectivity index (χ2v) is 9.96. The molecule has 1 N–H and O–H groups in total. The van der Waals surface area contributed by atoms with Crippen molar-refractivity contribution in [1.29, 1.82) is 0 Å². The first kappa shape index (κ1) is 20.9. The number of carbonyl (C=O) groups excluding carboxylic acids is 1. The number of rotatable bonds is 3. The van der Waals surface area contributed by atoms with Gasteiger partial charge in [-0.1, -0.05) is 44.0 Å². The molecule has 30 heavy (non-hydrogen) atoms. The summed E-state index contributed by atoms with van der Waals surface area (Å²) >= 11 is 6.43. The van der Waals surface area contributed by atoms with Crippen LogP contribution in [0.5, 0.6) is 0 Å². The van der Waals surface area contributed by atoms with Gasteiger partial charge in [-0.2, -0.15) is 8.42 Å². The molecular formula is C22H24ClN3O3S. The summed E-state index contributed by atoms with van der Waals surface area (Å²) in [6.07, 6.45) is 3.49. The van der Waals surface area contributed by atoms with Gasteiger partial charge in [0.1, 0.15) is 10.7 Å². The third-order valence-electron chi connectivity index (χ3n) is 5.52. The Labute approximate surface area is 182 Å². The van der Waals surface area contributed by atoms with Crippen molar-refractivity contribution in [2.45, 2.75) is 50.3 Å². The maximum Gasteiger partial charge on any atom is 0.286 e. The van der Waals surface area contributed by atoms with E-state index in [4.69, 9.17) is 11.6 Å². The van der Waals surface area contributed by atoms with E-state index in [0.29, 0.717) is 36.1 Å². The molecule has 1 saturated heterocycles. The van der Waals surface area contributed by atoms with E-state index in [2.05, 4.69) is 23.6 Å². The summed E-state index contributed by atoms with van der Waals surface area (Å²) in [5.74, 6) is 0.485. The van der Waals surface area contributed by atoms with Gasteiger partial charge in [0.15, 0.2) is 0 Å². The lowest BCUT2D eigenvalue weighted by molar-refractivity contribution is 0.102. The summed E-state index contributed by atoms with van der Waals surface area (Å²) in [6, 6.07) is 10.5. The minimum Gasteiger partial charge on any atom is -0.328 e. The molecular weight excluding hydrogens is 422 g/mol. The van der Waals surface area contributed by atoms with Crippen molar-refractivity contribution in [3.05, 3.63) is 52.5 Å². The first-order valence-electron chi connectivity index (χ1n) is 10.1. The van der Waals surface area contributed by atoms with E-state index >= 15 is 0 Å². The van der Waals surface area contributed by atoms with Crippen molar-refractivity contribution >= 4 is 44.7 Å². The molecule has 0 saturated carbocycles. The van der Waals surface area contributed by atoms with Gasteiger partial charge in [-0.25, -0.2) is 0 Å². The minimum atomic E-state index is -3.88. The van der Waals surface area contributed by atoms with Crippen LogP contribution in [-0.4, -0.2) is 26.7 Å². The van der Waals surface area contributed by atoms with Crippen LogP contribution in [0, 0.1) is 0 Å². The van der Waals surface area contributed by atoms with Crippen molar-refractivity contribution in [3.8, 4) is 0 Å². The van der Waals surface area contributed by atoms with Crippen LogP contribution in [0.2, 0.25) is 5.02 Å². The summed E-state index contributed by atoms with van der Waals surface area (Å²) in [6.45, 7) is 4.88. The zero-order valence-electron chi connectivity index (χ0n) is 17.0. The lowest BCUT2D eigenvalue weighted by Gasteiger charge is -2.30. The van der Waals surface area contributed by atoms with Crippen LogP contribution in [0.1, 0.15) is 61.4 Å². The summed E-state index contributed by atoms with van der Waals surface area (Å²) in [5, 5.41) is 3.01. The topological polar surface area (TPSA) is 78.8 Å². The van der Waals surface area contributed by atoms with Crippen molar-refractivity contribution < 1.29 is 13.2 Å². The van der Waals surface area contributed by atoms with Gasteiger partial charge >= 0.3 is 0 Å². The SMILES string of the molecule is CC(C)c1ccc(NC(=O)c2cc3c(cc2Cl)N2CCCCCC2=NS3(=O)=O)cc1. The maximum absolute atomic E-state index is 12.8. The van der Waals surface area contributed by atoms with Gasteiger partial charge in [-0.3, -0.25) is 4.79 Å². The Morgan fingerprint density at radius 1 is 1.13 bits per heavy atom. The first-order chi connectivity index (χ1) is 14.3. The molecule has 158 valence electrons. The lowest BCUT2D eigenvalue weighted by Crippen LogP contribution is -2.35. The number of fused-ring (bicyclic) bond motifs is 3. The molecule has 0 aromatic heterocycles. The van der Waals surface area contributed by atoms with Crippen LogP contribution in [0.15, 0.2) is 45.7 Å². The van der Waals surface area contributed by atoms with Crippen molar-refractivity contribution in [2.75, 3.05) is 16.8 Å². The van der Waals surface area contributed by atoms with E-state index < -0.39 is 15.9 Å². The average molecular weight is 446 g/mol. The van der Waals surface area contributed by atoms with Crippen LogP contribution in [-0.2, 0) is 10.0 Å². The fraction of sp³-hybridized carbons (Fsp3) is 0.364. The van der Waals surface area contributed by atoms with E-state index in [-0.39, 0.29) is 15.5 Å². The summed E-state index contributed by atoms with van der Waals surface area (Å²) in [4.78, 5) is 14.8. The number of hydrogen-bond donors (Lipinski definition) is 1. The normalized spacial score (nSPS) is 17.6. The zero-order valence-corrected chi connectivity index (χ0v) is 18.6. The zero-order chi connectivity index (χ0) is 21.5. The van der Waals surface area contributed by atoms with Gasteiger partial charge in [0.2, 0.25) is 0 Å². The van der Waals surface area contributed by atoms with Crippen molar-refractivity contribution in [1.82, 2.24) is 0 Å². The molecule has 4 rings (SSSR count). The fourth-order valence-electron chi connectivity index (χ4n) is 3.82. The van der Waals surface area contributed by atoms with E-state index in [0.717, 1.165) is 24.8 Å². The predicted octanol–water partition coefficient (Wildman–Crippen LogP) is 5.20. The monoisotopic (exact) mass is 445 g/mol. The molecule has 2 aromatic rings. The summed E-state index contributed by atoms with van der Waals surface area (Å²) in [7, 11) is -3.88. The molecule has 0 aliphatic carbocycles. The second-order valence-electron chi connectivity index (χ2n) is 7.98. The second kappa shape index (κ2) is 8.04. The molecule has 2 aliphatic rings. The third-order valence-corrected chi connectivity index (χ3v) is 7.16. The smallest absolute Gasteiger partial charge is 0.286 e. The minimum absolute atomic E-state index is 0.0258. The number of sulfonamides is 1. The fourth-order valence-corrected chi connectivity index (χ4v) is 5.33. The summed E-state index contributed by atoms with van der Waals surface area (Å²) in [5.41, 5.74) is 2.40. The number of amidine groups is 1. The van der Waals surface area contributed by atoms with Crippen molar-refractivity contribution in [2.24, 2.45) is 4.40 Å². The van der Waals surface area contributed by atoms with Crippen LogP contribution in [0.4, 0.5) is 11.4 Å². The Morgan fingerprint density at radius 3 is 2.57 bits per heavy atom. The standard InChI is InChI=1S/C22H24ClN3O3S/c1-14(2)15-7-9-16(10-8-15)24-22(27)17-12-20-19(13-18(17)23)26-11-5-3-4-6-21(26)25-30(20,28)29/h7-10,12-14H,3-6,11H2,1-2H3,(H,24,27). The number of anilines is 2. The highest BCUT2D eigenvalue weighted by Crippen LogP contribution is 2.38. The lowest BCUT2D eigenvalue weighted by atomic mass is 10.0. The number of halogens is 1. The highest BCUT2D eigenvalue weighted by molar-refractivity contribution is 7.90. The van der Waals surface area contributed by atoms with E-state index in [1.807, 2.05) is 29.2 Å². The number of benzene rings is 2. The number of carbonyl (C=O) groups is 1. The van der Waals surface area contributed by atoms with Gasteiger partial charge in [0.25, 0.3) is 15.9 Å². The molecule has 2 heterocycles. The van der Waals surface area contributed by atoms with E-state index in [1.165, 1.54) is 6.07 Å². The molecule has 2 aliphatic heterocycles. The van der Waals surface area contributed by atoms with Crippen LogP contribution >= 0.6 is 11.6 Å². The Balaban J connectivity index is 1.68. The molecule has 1 amide bonds. The largest absolute Gasteiger partial charge is 0.328 e. The molecule has 0 atom stereocenters. The molecule has 1 fully saturated rings. The molecule has 0 unspecified atom stereocenters. The third kappa shape index (κ3) is 3.96. The quantitative estimate of drug-likeness (QED) is 0.704. The van der Waals surface area contributed by atoms with Crippen LogP contribution in [0.25, 0.3) is 0 Å². The van der Waals surface area contributed by atoms with E-state index in [1.54, 1.807) is 6.07 Å².